The molecule has 2 rings (SSSR count). The highest BCUT2D eigenvalue weighted by molar-refractivity contribution is 6.51. The Kier molecular flexibility index (Phi) is 6.52. The molecule has 0 aliphatic heterocycles. The molecule has 0 unspecified atom stereocenters. The number of allylic oxidation sites excluding steroid dienone is 2. The van der Waals surface area contributed by atoms with E-state index in [0.717, 1.165) is 6.42 Å². The van der Waals surface area contributed by atoms with Gasteiger partial charge < -0.3 is 4.74 Å². The van der Waals surface area contributed by atoms with Crippen LogP contribution in [-0.4, -0.2) is 10.3 Å². The number of rotatable bonds is 5. The highest BCUT2D eigenvalue weighted by Crippen LogP contribution is 2.46. The molecule has 0 aromatic heterocycles. The van der Waals surface area contributed by atoms with Gasteiger partial charge in [-0.15, -0.1) is 11.6 Å². The second kappa shape index (κ2) is 7.86. The van der Waals surface area contributed by atoms with Crippen LogP contribution in [0.5, 0.6) is 0 Å². The number of hydrogen-bond donors (Lipinski definition) is 0. The van der Waals surface area contributed by atoms with Crippen LogP contribution < -0.4 is 0 Å². The summed E-state index contributed by atoms with van der Waals surface area (Å²) in [6, 6.07) is 9.15. The number of esters is 1. The number of ether oxygens (including phenoxy) is 1. The highest BCUT2D eigenvalue weighted by Gasteiger charge is 2.45. The molecule has 0 heterocycles. The number of benzene rings is 1. The lowest BCUT2D eigenvalue weighted by Gasteiger charge is -2.32. The van der Waals surface area contributed by atoms with Crippen molar-refractivity contribution in [1.82, 2.24) is 0 Å². The van der Waals surface area contributed by atoms with E-state index in [9.17, 15) is 4.79 Å². The molecule has 0 amide bonds. The van der Waals surface area contributed by atoms with Gasteiger partial charge in [-0.3, -0.25) is 0 Å². The molecule has 1 aromatic rings. The smallest absolute Gasteiger partial charge is 0.337 e. The van der Waals surface area contributed by atoms with E-state index in [1.807, 2.05) is 44.2 Å². The van der Waals surface area contributed by atoms with E-state index in [0.29, 0.717) is 29.9 Å². The van der Waals surface area contributed by atoms with Crippen LogP contribution in [0.1, 0.15) is 45.1 Å². The van der Waals surface area contributed by atoms with E-state index in [1.165, 1.54) is 0 Å². The average Bonchev–Trinajstić information content (AvgIpc) is 2.50. The van der Waals surface area contributed by atoms with E-state index < -0.39 is 15.2 Å². The Hall–Kier alpha value is -0.410. The van der Waals surface area contributed by atoms with Crippen LogP contribution in [0.15, 0.2) is 41.1 Å². The Balaban J connectivity index is 2.36. The first-order valence-corrected chi connectivity index (χ1v) is 9.41. The zero-order chi connectivity index (χ0) is 18.0. The lowest BCUT2D eigenvalue weighted by Crippen LogP contribution is -2.36. The molecular weight excluding hydrogens is 390 g/mol. The van der Waals surface area contributed by atoms with Crippen molar-refractivity contribution in [2.24, 2.45) is 5.92 Å². The summed E-state index contributed by atoms with van der Waals surface area (Å²) < 4.78 is 4.24. The van der Waals surface area contributed by atoms with E-state index >= 15 is 0 Å². The van der Waals surface area contributed by atoms with Gasteiger partial charge >= 0.3 is 5.97 Å². The van der Waals surface area contributed by atoms with Crippen LogP contribution in [0.3, 0.4) is 0 Å². The van der Waals surface area contributed by atoms with Crippen molar-refractivity contribution < 1.29 is 9.53 Å². The third-order valence-corrected chi connectivity index (χ3v) is 5.51. The maximum absolute atomic E-state index is 12.9. The summed E-state index contributed by atoms with van der Waals surface area (Å²) in [6.45, 7) is 3.99. The first-order valence-electron chi connectivity index (χ1n) is 7.90. The van der Waals surface area contributed by atoms with Gasteiger partial charge in [-0.05, 0) is 37.2 Å². The van der Waals surface area contributed by atoms with Gasteiger partial charge in [0.25, 0.3) is 0 Å². The lowest BCUT2D eigenvalue weighted by molar-refractivity contribution is -0.144. The minimum Gasteiger partial charge on any atom is -0.425 e. The summed E-state index contributed by atoms with van der Waals surface area (Å²) >= 11 is 25.5. The highest BCUT2D eigenvalue weighted by atomic mass is 35.5. The number of hydrogen-bond acceptors (Lipinski definition) is 2. The molecule has 0 spiro atoms. The first-order chi connectivity index (χ1) is 11.2. The van der Waals surface area contributed by atoms with E-state index in [-0.39, 0.29) is 11.7 Å². The van der Waals surface area contributed by atoms with Gasteiger partial charge in [0.15, 0.2) is 15.0 Å². The molecule has 1 aliphatic rings. The lowest BCUT2D eigenvalue weighted by atomic mass is 9.89. The molecule has 0 saturated carbocycles. The summed E-state index contributed by atoms with van der Waals surface area (Å²) in [6.07, 6.45) is 2.21. The van der Waals surface area contributed by atoms with Crippen LogP contribution >= 0.6 is 46.4 Å². The predicted octanol–water partition coefficient (Wildman–Crippen LogP) is 6.52. The molecule has 132 valence electrons. The van der Waals surface area contributed by atoms with Crippen LogP contribution in [0.2, 0.25) is 0 Å². The van der Waals surface area contributed by atoms with Crippen molar-refractivity contribution in [3.05, 3.63) is 46.7 Å². The van der Waals surface area contributed by atoms with Crippen LogP contribution in [0, 0.1) is 5.92 Å². The summed E-state index contributed by atoms with van der Waals surface area (Å²) in [5.74, 6) is -0.318. The maximum Gasteiger partial charge on any atom is 0.337 e. The van der Waals surface area contributed by atoms with E-state index in [1.54, 1.807) is 0 Å². The minimum absolute atomic E-state index is 0.105. The van der Waals surface area contributed by atoms with Crippen LogP contribution in [-0.2, 0) is 14.4 Å². The molecule has 24 heavy (non-hydrogen) atoms. The number of alkyl halides is 3. The van der Waals surface area contributed by atoms with Crippen LogP contribution in [0.4, 0.5) is 0 Å². The van der Waals surface area contributed by atoms with Gasteiger partial charge in [-0.1, -0.05) is 79.0 Å². The molecule has 2 nitrogen and oxygen atoms in total. The zero-order valence-corrected chi connectivity index (χ0v) is 16.6. The fraction of sp³-hybridized carbons (Fsp3) is 0.500. The minimum atomic E-state index is -1.32. The van der Waals surface area contributed by atoms with Crippen LogP contribution in [0.25, 0.3) is 0 Å². The van der Waals surface area contributed by atoms with Gasteiger partial charge in [0, 0.05) is 0 Å². The molecule has 6 heteroatoms. The summed E-state index contributed by atoms with van der Waals surface area (Å²) in [7, 11) is 0. The maximum atomic E-state index is 12.9. The average molecular weight is 410 g/mol. The molecule has 0 N–H and O–H groups in total. The zero-order valence-electron chi connectivity index (χ0n) is 13.6. The van der Waals surface area contributed by atoms with Gasteiger partial charge in [-0.25, -0.2) is 4.79 Å². The van der Waals surface area contributed by atoms with E-state index in [4.69, 9.17) is 51.1 Å². The normalized spacial score (nSPS) is 20.0. The molecule has 1 aliphatic carbocycles. The molecular formula is C18H20Cl4O2. The Morgan fingerprint density at radius 2 is 1.92 bits per heavy atom. The molecule has 0 saturated heterocycles. The third-order valence-electron chi connectivity index (χ3n) is 3.90. The molecule has 0 fully saturated rings. The SMILES string of the molecule is CC(C)C[C@@](Cl)(C(=O)OC1=C(Cl)CCCC1(Cl)Cl)c1ccccc1. The Labute approximate surface area is 163 Å². The van der Waals surface area contributed by atoms with Crippen molar-refractivity contribution in [3.63, 3.8) is 0 Å². The van der Waals surface area contributed by atoms with Gasteiger partial charge in [0.2, 0.25) is 0 Å². The van der Waals surface area contributed by atoms with Crippen molar-refractivity contribution in [3.8, 4) is 0 Å². The summed E-state index contributed by atoms with van der Waals surface area (Å²) in [5.41, 5.74) is 0.674. The van der Waals surface area contributed by atoms with Gasteiger partial charge in [-0.2, -0.15) is 0 Å². The molecule has 1 aromatic carbocycles. The van der Waals surface area contributed by atoms with Gasteiger partial charge in [0.05, 0.1) is 5.03 Å². The van der Waals surface area contributed by atoms with Crippen molar-refractivity contribution in [1.29, 1.82) is 0 Å². The van der Waals surface area contributed by atoms with E-state index in [2.05, 4.69) is 0 Å². The number of halogens is 4. The summed E-state index contributed by atoms with van der Waals surface area (Å²) in [5, 5.41) is 0.372. The fourth-order valence-corrected chi connectivity index (χ4v) is 4.25. The first kappa shape index (κ1) is 19.9. The van der Waals surface area contributed by atoms with Crippen molar-refractivity contribution >= 4 is 52.4 Å². The van der Waals surface area contributed by atoms with Gasteiger partial charge in [0.1, 0.15) is 0 Å². The molecule has 0 radical (unpaired) electrons. The monoisotopic (exact) mass is 408 g/mol. The third kappa shape index (κ3) is 4.40. The standard InChI is InChI=1S/C18H20Cl4O2/c1-12(2)11-17(20,13-7-4-3-5-8-13)16(23)24-15-14(19)9-6-10-18(15,21)22/h3-5,7-8,12H,6,9-11H2,1-2H3/t17-/m0/s1. The Morgan fingerprint density at radius 1 is 1.29 bits per heavy atom. The number of carbonyl (C=O) groups excluding carboxylic acids is 1. The summed E-state index contributed by atoms with van der Waals surface area (Å²) in [4.78, 5) is 11.6. The van der Waals surface area contributed by atoms with Crippen molar-refractivity contribution in [2.45, 2.75) is 48.7 Å². The molecule has 1 atom stereocenters. The predicted molar refractivity (Wildman–Crippen MR) is 101 cm³/mol. The Morgan fingerprint density at radius 3 is 2.46 bits per heavy atom. The number of carbonyl (C=O) groups is 1. The fourth-order valence-electron chi connectivity index (χ4n) is 2.78. The van der Waals surface area contributed by atoms with Crippen molar-refractivity contribution in [2.75, 3.05) is 0 Å². The molecule has 0 bridgehead atoms. The second-order valence-electron chi connectivity index (χ2n) is 6.45. The topological polar surface area (TPSA) is 26.3 Å². The Bertz CT molecular complexity index is 625. The quantitative estimate of drug-likeness (QED) is 0.408. The largest absolute Gasteiger partial charge is 0.425 e. The second-order valence-corrected chi connectivity index (χ2v) is 9.03.